The predicted molar refractivity (Wildman–Crippen MR) is 96.0 cm³/mol. The van der Waals surface area contributed by atoms with Crippen LogP contribution in [0.25, 0.3) is 0 Å². The molecule has 0 heterocycles. The van der Waals surface area contributed by atoms with Gasteiger partial charge in [0.2, 0.25) is 10.0 Å². The molecule has 8 nitrogen and oxygen atoms in total. The van der Waals surface area contributed by atoms with Gasteiger partial charge in [-0.05, 0) is 24.3 Å². The van der Waals surface area contributed by atoms with Gasteiger partial charge in [0.25, 0.3) is 11.6 Å². The number of non-ortho nitro benzene ring substituents is 1. The zero-order valence-corrected chi connectivity index (χ0v) is 14.9. The van der Waals surface area contributed by atoms with Crippen molar-refractivity contribution < 1.29 is 18.1 Å². The van der Waals surface area contributed by atoms with Crippen LogP contribution in [0.2, 0.25) is 10.0 Å². The van der Waals surface area contributed by atoms with Crippen LogP contribution >= 0.6 is 23.2 Å². The third-order valence-corrected chi connectivity index (χ3v) is 4.19. The highest BCUT2D eigenvalue weighted by molar-refractivity contribution is 7.92. The van der Waals surface area contributed by atoms with Crippen LogP contribution in [0.15, 0.2) is 36.4 Å². The lowest BCUT2D eigenvalue weighted by Gasteiger charge is -2.10. The molecule has 0 saturated carbocycles. The van der Waals surface area contributed by atoms with E-state index in [1.165, 1.54) is 30.3 Å². The minimum atomic E-state index is -3.53. The Balaban J connectivity index is 2.34. The summed E-state index contributed by atoms with van der Waals surface area (Å²) in [4.78, 5) is 22.6. The van der Waals surface area contributed by atoms with Gasteiger partial charge in [-0.25, -0.2) is 8.42 Å². The zero-order valence-electron chi connectivity index (χ0n) is 12.6. The van der Waals surface area contributed by atoms with Crippen molar-refractivity contribution in [3.8, 4) is 0 Å². The maximum Gasteiger partial charge on any atom is 0.271 e. The molecular formula is C14H11Cl2N3O5S. The SMILES string of the molecule is CS(=O)(=O)Nc1ccc(Cl)c(C(=O)Nc2cc([N+](=O)[O-])ccc2Cl)c1. The number of carbonyl (C=O) groups excluding carboxylic acids is 1. The molecule has 0 radical (unpaired) electrons. The summed E-state index contributed by atoms with van der Waals surface area (Å²) in [6.45, 7) is 0. The maximum atomic E-state index is 12.4. The average molecular weight is 404 g/mol. The van der Waals surface area contributed by atoms with Gasteiger partial charge in [-0.2, -0.15) is 0 Å². The summed E-state index contributed by atoms with van der Waals surface area (Å²) in [5.74, 6) is -0.704. The molecule has 2 N–H and O–H groups in total. The van der Waals surface area contributed by atoms with Crippen molar-refractivity contribution >= 4 is 56.2 Å². The van der Waals surface area contributed by atoms with Crippen molar-refractivity contribution in [1.82, 2.24) is 0 Å². The number of rotatable bonds is 5. The first-order valence-corrected chi connectivity index (χ1v) is 9.24. The van der Waals surface area contributed by atoms with E-state index in [0.29, 0.717) is 0 Å². The van der Waals surface area contributed by atoms with E-state index in [1.807, 2.05) is 0 Å². The molecule has 25 heavy (non-hydrogen) atoms. The molecular weight excluding hydrogens is 393 g/mol. The Morgan fingerprint density at radius 1 is 1.12 bits per heavy atom. The highest BCUT2D eigenvalue weighted by Crippen LogP contribution is 2.28. The van der Waals surface area contributed by atoms with Crippen LogP contribution in [-0.4, -0.2) is 25.5 Å². The maximum absolute atomic E-state index is 12.4. The van der Waals surface area contributed by atoms with Gasteiger partial charge in [-0.15, -0.1) is 0 Å². The molecule has 2 aromatic carbocycles. The van der Waals surface area contributed by atoms with Crippen molar-refractivity contribution in [1.29, 1.82) is 0 Å². The number of carbonyl (C=O) groups is 1. The summed E-state index contributed by atoms with van der Waals surface area (Å²) in [5.41, 5.74) is -0.114. The molecule has 132 valence electrons. The van der Waals surface area contributed by atoms with Crippen molar-refractivity contribution in [2.24, 2.45) is 0 Å². The molecule has 0 fully saturated rings. The second kappa shape index (κ2) is 7.26. The van der Waals surface area contributed by atoms with Crippen molar-refractivity contribution in [2.75, 3.05) is 16.3 Å². The Morgan fingerprint density at radius 3 is 2.36 bits per heavy atom. The number of anilines is 2. The van der Waals surface area contributed by atoms with Gasteiger partial charge in [0.15, 0.2) is 0 Å². The highest BCUT2D eigenvalue weighted by atomic mass is 35.5. The number of benzene rings is 2. The van der Waals surface area contributed by atoms with Crippen molar-refractivity contribution in [3.63, 3.8) is 0 Å². The van der Waals surface area contributed by atoms with E-state index in [4.69, 9.17) is 23.2 Å². The van der Waals surface area contributed by atoms with Gasteiger partial charge >= 0.3 is 0 Å². The molecule has 0 atom stereocenters. The normalized spacial score (nSPS) is 11.0. The van der Waals surface area contributed by atoms with Gasteiger partial charge in [-0.1, -0.05) is 23.2 Å². The van der Waals surface area contributed by atoms with Gasteiger partial charge in [-0.3, -0.25) is 19.6 Å². The van der Waals surface area contributed by atoms with E-state index < -0.39 is 20.9 Å². The summed E-state index contributed by atoms with van der Waals surface area (Å²) < 4.78 is 24.8. The first kappa shape index (κ1) is 19.0. The average Bonchev–Trinajstić information content (AvgIpc) is 2.49. The van der Waals surface area contributed by atoms with Crippen LogP contribution in [0.5, 0.6) is 0 Å². The monoisotopic (exact) mass is 403 g/mol. The predicted octanol–water partition coefficient (Wildman–Crippen LogP) is 3.53. The fraction of sp³-hybridized carbons (Fsp3) is 0.0714. The quantitative estimate of drug-likeness (QED) is 0.584. The lowest BCUT2D eigenvalue weighted by atomic mass is 10.2. The van der Waals surface area contributed by atoms with Crippen LogP contribution < -0.4 is 10.0 Å². The number of nitro benzene ring substituents is 1. The number of nitrogens with one attached hydrogen (secondary N) is 2. The molecule has 2 rings (SSSR count). The standard InChI is InChI=1S/C14H11Cl2N3O5S/c1-25(23,24)18-8-2-4-11(15)10(6-8)14(20)17-13-7-9(19(21)22)3-5-12(13)16/h2-7,18H,1H3,(H,17,20). The Morgan fingerprint density at radius 2 is 1.76 bits per heavy atom. The minimum Gasteiger partial charge on any atom is -0.320 e. The van der Waals surface area contributed by atoms with Gasteiger partial charge in [0, 0.05) is 17.8 Å². The lowest BCUT2D eigenvalue weighted by Crippen LogP contribution is -2.15. The highest BCUT2D eigenvalue weighted by Gasteiger charge is 2.16. The summed E-state index contributed by atoms with van der Waals surface area (Å²) in [7, 11) is -3.53. The van der Waals surface area contributed by atoms with Crippen LogP contribution in [0.4, 0.5) is 17.1 Å². The second-order valence-corrected chi connectivity index (χ2v) is 7.51. The summed E-state index contributed by atoms with van der Waals surface area (Å²) in [6, 6.07) is 7.55. The van der Waals surface area contributed by atoms with Gasteiger partial charge in [0.05, 0.1) is 32.5 Å². The third-order valence-electron chi connectivity index (χ3n) is 2.92. The Kier molecular flexibility index (Phi) is 5.51. The second-order valence-electron chi connectivity index (χ2n) is 4.94. The topological polar surface area (TPSA) is 118 Å². The van der Waals surface area contributed by atoms with Gasteiger partial charge < -0.3 is 5.32 Å². The van der Waals surface area contributed by atoms with E-state index in [0.717, 1.165) is 12.3 Å². The molecule has 0 aliphatic rings. The molecule has 0 aliphatic carbocycles. The molecule has 0 unspecified atom stereocenters. The molecule has 1 amide bonds. The number of nitro groups is 1. The molecule has 2 aromatic rings. The zero-order chi connectivity index (χ0) is 18.8. The number of amides is 1. The van der Waals surface area contributed by atoms with Crippen molar-refractivity contribution in [2.45, 2.75) is 0 Å². The van der Waals surface area contributed by atoms with E-state index in [2.05, 4.69) is 10.0 Å². The molecule has 0 spiro atoms. The van der Waals surface area contributed by atoms with Gasteiger partial charge in [0.1, 0.15) is 0 Å². The summed E-state index contributed by atoms with van der Waals surface area (Å²) >= 11 is 11.9. The van der Waals surface area contributed by atoms with Crippen molar-refractivity contribution in [3.05, 3.63) is 62.1 Å². The lowest BCUT2D eigenvalue weighted by molar-refractivity contribution is -0.384. The number of nitrogens with zero attached hydrogens (tertiary/aromatic N) is 1. The fourth-order valence-corrected chi connectivity index (χ4v) is 2.81. The molecule has 0 aliphatic heterocycles. The number of halogens is 2. The Bertz CT molecular complexity index is 963. The smallest absolute Gasteiger partial charge is 0.271 e. The fourth-order valence-electron chi connectivity index (χ4n) is 1.89. The van der Waals surface area contributed by atoms with E-state index in [-0.39, 0.29) is 32.7 Å². The summed E-state index contributed by atoms with van der Waals surface area (Å²) in [6.07, 6.45) is 0.963. The molecule has 0 saturated heterocycles. The van der Waals surface area contributed by atoms with Crippen LogP contribution in [0, 0.1) is 10.1 Å². The number of sulfonamides is 1. The Hall–Kier alpha value is -2.36. The minimum absolute atomic E-state index is 0.0263. The molecule has 0 aromatic heterocycles. The van der Waals surface area contributed by atoms with E-state index in [9.17, 15) is 23.3 Å². The largest absolute Gasteiger partial charge is 0.320 e. The van der Waals surface area contributed by atoms with Crippen LogP contribution in [0.1, 0.15) is 10.4 Å². The first-order valence-electron chi connectivity index (χ1n) is 6.59. The third kappa shape index (κ3) is 5.05. The van der Waals surface area contributed by atoms with Crippen LogP contribution in [0.3, 0.4) is 0 Å². The van der Waals surface area contributed by atoms with Crippen LogP contribution in [-0.2, 0) is 10.0 Å². The molecule has 11 heteroatoms. The summed E-state index contributed by atoms with van der Waals surface area (Å²) in [5, 5.41) is 13.4. The number of hydrogen-bond acceptors (Lipinski definition) is 5. The number of hydrogen-bond donors (Lipinski definition) is 2. The Labute approximate surface area is 152 Å². The van der Waals surface area contributed by atoms with E-state index >= 15 is 0 Å². The molecule has 0 bridgehead atoms. The van der Waals surface area contributed by atoms with E-state index in [1.54, 1.807) is 0 Å². The first-order chi connectivity index (χ1) is 11.6.